The Bertz CT molecular complexity index is 7170. The Hall–Kier alpha value is -11.9. The van der Waals surface area contributed by atoms with Crippen LogP contribution in [-0.2, 0) is 42.2 Å². The van der Waals surface area contributed by atoms with Crippen molar-refractivity contribution in [2.24, 2.45) is 47.3 Å². The predicted octanol–water partition coefficient (Wildman–Crippen LogP) is 33.9. The van der Waals surface area contributed by atoms with Gasteiger partial charge in [0.1, 0.15) is 45.5 Å². The van der Waals surface area contributed by atoms with Gasteiger partial charge in [0.05, 0.1) is 18.3 Å². The second-order valence-corrected chi connectivity index (χ2v) is 48.1. The molecule has 0 amide bonds. The third-order valence-corrected chi connectivity index (χ3v) is 40.9. The van der Waals surface area contributed by atoms with Crippen LogP contribution < -0.4 is 18.9 Å². The zero-order chi connectivity index (χ0) is 92.5. The lowest BCUT2D eigenvalue weighted by Crippen LogP contribution is -2.58. The van der Waals surface area contributed by atoms with Crippen molar-refractivity contribution >= 4 is 120 Å². The number of hydrogen-bond acceptors (Lipinski definition) is 7. The molecule has 15 heteroatoms. The van der Waals surface area contributed by atoms with E-state index >= 15 is 0 Å². The van der Waals surface area contributed by atoms with Crippen LogP contribution in [0.4, 0.5) is 13.2 Å². The standard InChI is InChI=1S/C33H35O3S.C32H35O2S.C19H12F3S.C19H15OS.C18H13OS/c1-20-12-26(37-29-10-6-4-8-27(29)28-9-5-7-11-30(28)37)13-21(2)32(20)35-19-31(34)36-33(3)24-15-22-14-23(17-24)18-25(33)16-22;1-20-13-26(35-29-9-5-3-7-27(29)28-8-4-6-10-30(28)35)14-21(2)31(20)33-11-12-34-32-24-16-22-15-23(18-24)19-25(32)17-22;20-19(21,22)13-6-5-7-14(12-13)23-17-10-3-1-8-15(17)16-9-2-4-11-18(16)23;1-14-10-12-15(13-11-14)21-18-8-4-2-6-16(18)20-17-7-3-5-9-19(17)21;1-2-8-14(9-3-1)20-17-12-6-4-10-15(17)19-16-11-5-7-13-18(16)20/h4-13,22-25H,14-19H2,1-3H3;3-10,13-14,22-25,32H,11-12,15-19H2,1-2H3;1-12H;2-13H,1H3;1-13H/q5*+1. The van der Waals surface area contributed by atoms with E-state index in [4.69, 9.17) is 28.4 Å². The minimum atomic E-state index is -4.32. The zero-order valence-corrected chi connectivity index (χ0v) is 81.4. The number of benzene rings is 15. The topological polar surface area (TPSA) is 72.5 Å². The van der Waals surface area contributed by atoms with Gasteiger partial charge in [0.15, 0.2) is 82.3 Å². The average Bonchev–Trinajstić information content (AvgIpc) is 1.01. The molecule has 7 nitrogen and oxygen atoms in total. The van der Waals surface area contributed by atoms with Crippen LogP contribution in [0.5, 0.6) is 34.5 Å². The van der Waals surface area contributed by atoms with Crippen molar-refractivity contribution in [1.82, 2.24) is 0 Å². The number of para-hydroxylation sites is 4. The van der Waals surface area contributed by atoms with Gasteiger partial charge in [0.25, 0.3) is 0 Å². The molecule has 8 saturated carbocycles. The molecule has 0 unspecified atom stereocenters. The van der Waals surface area contributed by atoms with Crippen molar-refractivity contribution < 1.29 is 46.4 Å². The normalized spacial score (nSPS) is 20.7. The van der Waals surface area contributed by atoms with E-state index in [2.05, 4.69) is 278 Å². The lowest BCUT2D eigenvalue weighted by Gasteiger charge is -2.59. The van der Waals surface area contributed by atoms with Crippen LogP contribution in [0.15, 0.2) is 375 Å². The highest BCUT2D eigenvalue weighted by atomic mass is 32.2. The summed E-state index contributed by atoms with van der Waals surface area (Å²) in [7, 11) is -0.864. The summed E-state index contributed by atoms with van der Waals surface area (Å²) < 4.78 is 84.3. The Kier molecular flexibility index (Phi) is 24.9. The van der Waals surface area contributed by atoms with E-state index in [1.54, 1.807) is 6.07 Å². The van der Waals surface area contributed by atoms with Gasteiger partial charge in [0, 0.05) is 94.1 Å². The van der Waals surface area contributed by atoms with Gasteiger partial charge in [0.2, 0.25) is 19.6 Å². The molecule has 0 spiro atoms. The smallest absolute Gasteiger partial charge is 0.416 e. The molecule has 28 rings (SSSR count). The van der Waals surface area contributed by atoms with Gasteiger partial charge < -0.3 is 28.4 Å². The minimum absolute atomic E-state index is 0.0275. The molecular weight excluding hydrogens is 1780 g/mol. The Morgan fingerprint density at radius 1 is 0.338 bits per heavy atom. The first-order chi connectivity index (χ1) is 66.4. The second kappa shape index (κ2) is 37.9. The highest BCUT2D eigenvalue weighted by Gasteiger charge is 2.57. The van der Waals surface area contributed by atoms with E-state index in [1.165, 1.54) is 173 Å². The maximum Gasteiger partial charge on any atom is 0.416 e. The van der Waals surface area contributed by atoms with Crippen molar-refractivity contribution in [3.8, 4) is 49.2 Å². The fourth-order valence-electron chi connectivity index (χ4n) is 23.8. The van der Waals surface area contributed by atoms with Gasteiger partial charge in [-0.2, -0.15) is 13.2 Å². The van der Waals surface area contributed by atoms with Crippen molar-refractivity contribution in [2.75, 3.05) is 19.8 Å². The SMILES string of the molecule is Cc1cc(-[s+]2c3ccccc3c3ccccc32)cc(C)c1OCC(=O)OC1(C)C2CC3CC(C2)CC1C3.Cc1cc(-[s+]2c3ccccc3c3ccccc32)cc(C)c1OCCOC1C2CC3CC(C2)CC1C3.Cc1ccc([S+]2c3ccccc3Oc3ccccc32)cc1.FC(F)(F)c1cccc(-[s+]2c3ccccc3c3ccccc32)c1.c1ccc([S+]2c3ccccc3Oc3ccccc32)cc1. The summed E-state index contributed by atoms with van der Waals surface area (Å²) in [6.07, 6.45) is 9.60. The summed E-state index contributed by atoms with van der Waals surface area (Å²) in [6, 6.07) is 119. The second-order valence-electron chi connectivity index (χ2n) is 38.3. The number of hydrogen-bond donors (Lipinski definition) is 0. The van der Waals surface area contributed by atoms with E-state index in [9.17, 15) is 18.0 Å². The molecule has 682 valence electrons. The summed E-state index contributed by atoms with van der Waals surface area (Å²) in [5.41, 5.74) is 4.97. The maximum atomic E-state index is 13.0. The number of aryl methyl sites for hydroxylation is 5. The summed E-state index contributed by atoms with van der Waals surface area (Å²) in [5.74, 6) is 11.9. The van der Waals surface area contributed by atoms with E-state index < -0.39 is 22.2 Å². The number of halogens is 3. The molecule has 0 radical (unpaired) electrons. The first kappa shape index (κ1) is 89.3. The first-order valence-corrected chi connectivity index (χ1v) is 54.1. The number of fused-ring (bicyclic) bond motifs is 13. The van der Waals surface area contributed by atoms with Crippen LogP contribution in [0.3, 0.4) is 0 Å². The number of alkyl halides is 3. The van der Waals surface area contributed by atoms with Gasteiger partial charge in [-0.15, -0.1) is 0 Å². The number of rotatable bonds is 14. The van der Waals surface area contributed by atoms with E-state index in [-0.39, 0.29) is 60.9 Å². The molecule has 0 N–H and O–H groups in total. The molecule has 136 heavy (non-hydrogen) atoms. The zero-order valence-electron chi connectivity index (χ0n) is 77.3. The summed E-state index contributed by atoms with van der Waals surface area (Å²) in [4.78, 5) is 24.1. The number of carbonyl (C=O) groups is 1. The Morgan fingerprint density at radius 2 is 0.662 bits per heavy atom. The lowest BCUT2D eigenvalue weighted by atomic mass is 9.50. The fourth-order valence-corrected chi connectivity index (χ4v) is 35.8. The van der Waals surface area contributed by atoms with Crippen molar-refractivity contribution in [3.63, 3.8) is 0 Å². The Labute approximate surface area is 808 Å². The highest BCUT2D eigenvalue weighted by molar-refractivity contribution is 7.97. The molecule has 2 aliphatic heterocycles. The summed E-state index contributed by atoms with van der Waals surface area (Å²) in [6.45, 7) is 14.2. The molecule has 8 bridgehead atoms. The molecule has 8 fully saturated rings. The predicted molar refractivity (Wildman–Crippen MR) is 557 cm³/mol. The molecule has 3 aromatic heterocycles. The third-order valence-electron chi connectivity index (χ3n) is 29.4. The molecule has 8 aliphatic carbocycles. The number of esters is 1. The van der Waals surface area contributed by atoms with Crippen LogP contribution in [-0.4, -0.2) is 37.5 Å². The van der Waals surface area contributed by atoms with Crippen molar-refractivity contribution in [3.05, 3.63) is 379 Å². The van der Waals surface area contributed by atoms with Gasteiger partial charge in [-0.25, -0.2) is 4.79 Å². The van der Waals surface area contributed by atoms with Gasteiger partial charge >= 0.3 is 12.1 Å². The Morgan fingerprint density at radius 3 is 1.04 bits per heavy atom. The summed E-state index contributed by atoms with van der Waals surface area (Å²) >= 11 is 0. The van der Waals surface area contributed by atoms with Gasteiger partial charge in [-0.05, 0) is 333 Å². The van der Waals surface area contributed by atoms with Crippen molar-refractivity contribution in [1.29, 1.82) is 0 Å². The average molecular weight is 1890 g/mol. The monoisotopic (exact) mass is 1890 g/mol. The number of ether oxygens (including phenoxy) is 6. The molecule has 15 aromatic carbocycles. The molecule has 0 saturated heterocycles. The molecule has 10 aliphatic rings. The number of carbonyl (C=O) groups excluding carboxylic acids is 1. The largest absolute Gasteiger partial charge is 0.491 e. The minimum Gasteiger partial charge on any atom is -0.491 e. The van der Waals surface area contributed by atoms with Crippen LogP contribution in [0, 0.1) is 82.0 Å². The van der Waals surface area contributed by atoms with E-state index in [0.717, 1.165) is 107 Å². The fraction of sp³-hybridized carbons (Fsp3) is 0.248. The van der Waals surface area contributed by atoms with Gasteiger partial charge in [-0.1, -0.05) is 163 Å². The highest BCUT2D eigenvalue weighted by Crippen LogP contribution is 2.61. The van der Waals surface area contributed by atoms with E-state index in [0.29, 0.717) is 36.0 Å². The summed E-state index contributed by atoms with van der Waals surface area (Å²) in [5, 5.41) is 7.65. The maximum absolute atomic E-state index is 13.0. The first-order valence-electron chi connectivity index (χ1n) is 48.0. The number of thiophene rings is 3. The van der Waals surface area contributed by atoms with Crippen LogP contribution in [0.2, 0.25) is 0 Å². The van der Waals surface area contributed by atoms with Gasteiger partial charge in [-0.3, -0.25) is 0 Å². The lowest BCUT2D eigenvalue weighted by molar-refractivity contribution is -0.204. The van der Waals surface area contributed by atoms with Crippen molar-refractivity contribution in [2.45, 2.75) is 153 Å². The van der Waals surface area contributed by atoms with Crippen LogP contribution >= 0.6 is 31.4 Å². The molecule has 18 aromatic rings. The van der Waals surface area contributed by atoms with Crippen LogP contribution in [0.25, 0.3) is 75.2 Å². The van der Waals surface area contributed by atoms with Crippen LogP contribution in [0.1, 0.15) is 105 Å². The molecule has 0 atom stereocenters. The van der Waals surface area contributed by atoms with E-state index in [1.807, 2.05) is 84.9 Å². The third kappa shape index (κ3) is 17.4. The molecular formula is C121H110F3O7S5+5. The molecule has 5 heterocycles. The quantitative estimate of drug-likeness (QED) is 0.0610. The Balaban J connectivity index is 0.000000101.